The molecular weight excluding hydrogens is 438 g/mol. The molecule has 0 radical (unpaired) electrons. The second kappa shape index (κ2) is 9.03. The van der Waals surface area contributed by atoms with Gasteiger partial charge in [0.1, 0.15) is 17.3 Å². The summed E-state index contributed by atoms with van der Waals surface area (Å²) in [7, 11) is 1.62. The molecule has 2 N–H and O–H groups in total. The van der Waals surface area contributed by atoms with Gasteiger partial charge in [-0.3, -0.25) is 14.6 Å². The number of methoxy groups -OCH3 is 1. The van der Waals surface area contributed by atoms with Crippen LogP contribution in [0.3, 0.4) is 0 Å². The molecule has 8 nitrogen and oxygen atoms in total. The predicted molar refractivity (Wildman–Crippen MR) is 127 cm³/mol. The summed E-state index contributed by atoms with van der Waals surface area (Å²) in [6, 6.07) is 13.4. The van der Waals surface area contributed by atoms with Gasteiger partial charge in [0.05, 0.1) is 17.7 Å². The number of carbonyl (C=O) groups excluding carboxylic acids is 1. The number of rotatable bonds is 7. The minimum Gasteiger partial charge on any atom is -0.497 e. The van der Waals surface area contributed by atoms with Crippen LogP contribution in [0.2, 0.25) is 0 Å². The highest BCUT2D eigenvalue weighted by molar-refractivity contribution is 7.13. The molecule has 0 atom stereocenters. The molecule has 4 aromatic rings. The summed E-state index contributed by atoms with van der Waals surface area (Å²) in [4.78, 5) is 33.8. The maximum atomic E-state index is 12.8. The highest BCUT2D eigenvalue weighted by atomic mass is 32.1. The maximum Gasteiger partial charge on any atom is 0.255 e. The number of aromatic amines is 1. The van der Waals surface area contributed by atoms with Gasteiger partial charge in [0.15, 0.2) is 0 Å². The van der Waals surface area contributed by atoms with Crippen LogP contribution in [0.15, 0.2) is 52.6 Å². The van der Waals surface area contributed by atoms with E-state index in [2.05, 4.69) is 20.4 Å². The molecule has 9 heteroatoms. The van der Waals surface area contributed by atoms with Crippen LogP contribution in [-0.2, 0) is 24.1 Å². The van der Waals surface area contributed by atoms with Crippen molar-refractivity contribution >= 4 is 23.1 Å². The minimum atomic E-state index is -0.145. The Morgan fingerprint density at radius 3 is 2.85 bits per heavy atom. The second-order valence-corrected chi connectivity index (χ2v) is 8.82. The largest absolute Gasteiger partial charge is 0.497 e. The number of hydrogen-bond donors (Lipinski definition) is 2. The zero-order valence-electron chi connectivity index (χ0n) is 18.1. The number of anilines is 1. The van der Waals surface area contributed by atoms with Crippen molar-refractivity contribution in [3.63, 3.8) is 0 Å². The summed E-state index contributed by atoms with van der Waals surface area (Å²) >= 11 is 1.55. The van der Waals surface area contributed by atoms with Gasteiger partial charge < -0.3 is 10.1 Å². The number of ether oxygens (including phenoxy) is 1. The van der Waals surface area contributed by atoms with Crippen LogP contribution in [0.4, 0.5) is 5.82 Å². The van der Waals surface area contributed by atoms with E-state index in [1.807, 2.05) is 47.8 Å². The smallest absolute Gasteiger partial charge is 0.255 e. The fourth-order valence-corrected chi connectivity index (χ4v) is 4.64. The number of aryl methyl sites for hydroxylation is 2. The molecule has 1 aromatic carbocycles. The van der Waals surface area contributed by atoms with E-state index >= 15 is 0 Å². The van der Waals surface area contributed by atoms with E-state index in [1.54, 1.807) is 18.4 Å². The second-order valence-electron chi connectivity index (χ2n) is 7.87. The van der Waals surface area contributed by atoms with Crippen molar-refractivity contribution in [2.75, 3.05) is 12.4 Å². The highest BCUT2D eigenvalue weighted by Gasteiger charge is 2.21. The van der Waals surface area contributed by atoms with Crippen molar-refractivity contribution in [2.45, 2.75) is 32.1 Å². The number of thiophene rings is 1. The third-order valence-electron chi connectivity index (χ3n) is 5.68. The topological polar surface area (TPSA) is 102 Å². The first kappa shape index (κ1) is 21.1. The Bertz CT molecular complexity index is 1340. The average Bonchev–Trinajstić information content (AvgIpc) is 3.58. The molecule has 0 fully saturated rings. The van der Waals surface area contributed by atoms with Crippen LogP contribution in [0.1, 0.15) is 29.7 Å². The Hall–Kier alpha value is -3.72. The Morgan fingerprint density at radius 1 is 1.24 bits per heavy atom. The first-order chi connectivity index (χ1) is 16.1. The van der Waals surface area contributed by atoms with Crippen LogP contribution in [-0.4, -0.2) is 32.8 Å². The lowest BCUT2D eigenvalue weighted by Gasteiger charge is -2.09. The number of carbonyl (C=O) groups is 1. The summed E-state index contributed by atoms with van der Waals surface area (Å²) < 4.78 is 6.69. The summed E-state index contributed by atoms with van der Waals surface area (Å²) in [5, 5.41) is 9.57. The molecular formula is C24H23N5O3S. The monoisotopic (exact) mass is 461 g/mol. The third-order valence-corrected chi connectivity index (χ3v) is 6.57. The molecule has 0 spiro atoms. The molecule has 1 aliphatic carbocycles. The Balaban J connectivity index is 1.41. The molecule has 168 valence electrons. The zero-order chi connectivity index (χ0) is 22.8. The number of nitrogens with zero attached hydrogens (tertiary/aromatic N) is 3. The summed E-state index contributed by atoms with van der Waals surface area (Å²) in [6.07, 6.45) is 3.33. The number of H-pyrrole nitrogens is 1. The van der Waals surface area contributed by atoms with Crippen LogP contribution >= 0.6 is 11.3 Å². The van der Waals surface area contributed by atoms with E-state index in [9.17, 15) is 9.59 Å². The molecule has 0 aliphatic heterocycles. The van der Waals surface area contributed by atoms with E-state index in [-0.39, 0.29) is 11.5 Å². The van der Waals surface area contributed by atoms with Gasteiger partial charge in [-0.1, -0.05) is 18.2 Å². The fourth-order valence-electron chi connectivity index (χ4n) is 3.96. The number of hydrogen-bond acceptors (Lipinski definition) is 6. The first-order valence-electron chi connectivity index (χ1n) is 10.8. The van der Waals surface area contributed by atoms with Crippen molar-refractivity contribution in [3.8, 4) is 22.3 Å². The maximum absolute atomic E-state index is 12.8. The molecule has 5 rings (SSSR count). The minimum absolute atomic E-state index is 0.141. The van der Waals surface area contributed by atoms with Crippen molar-refractivity contribution < 1.29 is 9.53 Å². The third kappa shape index (κ3) is 4.45. The van der Waals surface area contributed by atoms with Gasteiger partial charge in [0.25, 0.3) is 5.56 Å². The summed E-state index contributed by atoms with van der Waals surface area (Å²) in [5.74, 6) is 1.42. The van der Waals surface area contributed by atoms with Crippen molar-refractivity contribution in [2.24, 2.45) is 0 Å². The summed E-state index contributed by atoms with van der Waals surface area (Å²) in [6.45, 7) is 0. The van der Waals surface area contributed by atoms with Gasteiger partial charge in [-0.25, -0.2) is 4.98 Å². The molecule has 1 aliphatic rings. The Morgan fingerprint density at radius 2 is 2.09 bits per heavy atom. The van der Waals surface area contributed by atoms with E-state index in [1.165, 1.54) is 4.68 Å². The van der Waals surface area contributed by atoms with E-state index in [0.29, 0.717) is 30.3 Å². The molecule has 0 saturated carbocycles. The lowest BCUT2D eigenvalue weighted by molar-refractivity contribution is -0.116. The zero-order valence-corrected chi connectivity index (χ0v) is 18.9. The van der Waals surface area contributed by atoms with Gasteiger partial charge in [-0.2, -0.15) is 9.78 Å². The first-order valence-corrected chi connectivity index (χ1v) is 11.7. The number of aromatic nitrogens is 4. The van der Waals surface area contributed by atoms with Gasteiger partial charge in [0, 0.05) is 18.1 Å². The normalized spacial score (nSPS) is 12.5. The van der Waals surface area contributed by atoms with Gasteiger partial charge in [-0.15, -0.1) is 11.3 Å². The standard InChI is InChI=1S/C24H23N5O3S/c1-32-16-10-7-15(8-11-16)9-12-22(30)26-21-14-19(20-6-3-13-33-20)28-29(21)24-25-18-5-2-4-17(18)23(31)27-24/h3,6-8,10-11,13-14H,2,4-5,9,12H2,1H3,(H,26,30)(H,25,27,31). The fraction of sp³-hybridized carbons (Fsp3) is 0.250. The van der Waals surface area contributed by atoms with Gasteiger partial charge >= 0.3 is 0 Å². The molecule has 3 aromatic heterocycles. The van der Waals surface area contributed by atoms with E-state index < -0.39 is 0 Å². The number of nitrogens with one attached hydrogen (secondary N) is 2. The molecule has 0 saturated heterocycles. The van der Waals surface area contributed by atoms with E-state index in [4.69, 9.17) is 4.74 Å². The van der Waals surface area contributed by atoms with Crippen molar-refractivity contribution in [1.29, 1.82) is 0 Å². The average molecular weight is 462 g/mol. The highest BCUT2D eigenvalue weighted by Crippen LogP contribution is 2.28. The molecule has 1 amide bonds. The van der Waals surface area contributed by atoms with Gasteiger partial charge in [0.2, 0.25) is 11.9 Å². The van der Waals surface area contributed by atoms with Crippen LogP contribution in [0, 0.1) is 0 Å². The number of benzene rings is 1. The molecule has 33 heavy (non-hydrogen) atoms. The Kier molecular flexibility index (Phi) is 5.78. The SMILES string of the molecule is COc1ccc(CCC(=O)Nc2cc(-c3cccs3)nn2-c2nc3c(c(=O)[nH]2)CCC3)cc1. The molecule has 0 bridgehead atoms. The van der Waals surface area contributed by atoms with Crippen LogP contribution in [0.5, 0.6) is 5.75 Å². The van der Waals surface area contributed by atoms with Gasteiger partial charge in [-0.05, 0) is 54.8 Å². The molecule has 3 heterocycles. The number of amides is 1. The van der Waals surface area contributed by atoms with Crippen molar-refractivity contribution in [3.05, 3.63) is 75.0 Å². The van der Waals surface area contributed by atoms with Crippen LogP contribution < -0.4 is 15.6 Å². The van der Waals surface area contributed by atoms with Crippen LogP contribution in [0.25, 0.3) is 16.5 Å². The summed E-state index contributed by atoms with van der Waals surface area (Å²) in [5.41, 5.74) is 3.16. The lowest BCUT2D eigenvalue weighted by atomic mass is 10.1. The molecule has 0 unspecified atom stereocenters. The Labute approximate surface area is 194 Å². The number of fused-ring (bicyclic) bond motifs is 1. The van der Waals surface area contributed by atoms with Crippen molar-refractivity contribution in [1.82, 2.24) is 19.7 Å². The predicted octanol–water partition coefficient (Wildman–Crippen LogP) is 3.75. The van der Waals surface area contributed by atoms with E-state index in [0.717, 1.165) is 46.7 Å². The lowest BCUT2D eigenvalue weighted by Crippen LogP contribution is -2.21. The quantitative estimate of drug-likeness (QED) is 0.436.